The Bertz CT molecular complexity index is 859. The molecule has 0 aliphatic carbocycles. The van der Waals surface area contributed by atoms with Crippen LogP contribution in [0.4, 0.5) is 17.6 Å². The summed E-state index contributed by atoms with van der Waals surface area (Å²) in [6, 6.07) is 6.35. The molecule has 26 heavy (non-hydrogen) atoms. The van der Waals surface area contributed by atoms with Gasteiger partial charge in [-0.3, -0.25) is 9.97 Å². The molecule has 3 rings (SSSR count). The molecule has 0 aliphatic heterocycles. The predicted octanol–water partition coefficient (Wildman–Crippen LogP) is 5.37. The summed E-state index contributed by atoms with van der Waals surface area (Å²) in [7, 11) is 0. The van der Waals surface area contributed by atoms with E-state index in [1.54, 1.807) is 24.3 Å². The monoisotopic (exact) mass is 356 g/mol. The van der Waals surface area contributed by atoms with Crippen molar-refractivity contribution in [3.8, 4) is 0 Å². The molecule has 2 heterocycles. The maximum Gasteiger partial charge on any atom is 0.169 e. The van der Waals surface area contributed by atoms with Crippen LogP contribution in [0.5, 0.6) is 0 Å². The molecule has 0 saturated carbocycles. The molecule has 0 bridgehead atoms. The summed E-state index contributed by atoms with van der Waals surface area (Å²) in [4.78, 5) is 7.61. The van der Waals surface area contributed by atoms with E-state index in [2.05, 4.69) is 9.97 Å². The molecule has 0 unspecified atom stereocenters. The number of aromatic nitrogens is 2. The minimum absolute atomic E-state index is 0.585. The predicted molar refractivity (Wildman–Crippen MR) is 92.6 cm³/mol. The van der Waals surface area contributed by atoms with Crippen LogP contribution in [0, 0.1) is 23.3 Å². The lowest BCUT2D eigenvalue weighted by molar-refractivity contribution is 0.448. The summed E-state index contributed by atoms with van der Waals surface area (Å²) in [6.07, 6.45) is 10.6. The molecule has 130 valence electrons. The van der Waals surface area contributed by atoms with Crippen molar-refractivity contribution in [1.82, 2.24) is 9.97 Å². The van der Waals surface area contributed by atoms with Gasteiger partial charge in [-0.25, -0.2) is 17.6 Å². The summed E-state index contributed by atoms with van der Waals surface area (Å²) in [5.74, 6) is -5.82. The van der Waals surface area contributed by atoms with E-state index >= 15 is 0 Å². The maximum absolute atomic E-state index is 14.2. The molecule has 2 aromatic heterocycles. The average Bonchev–Trinajstić information content (AvgIpc) is 2.68. The van der Waals surface area contributed by atoms with Gasteiger partial charge in [-0.15, -0.1) is 0 Å². The number of halogens is 4. The molecule has 0 amide bonds. The Morgan fingerprint density at radius 3 is 1.12 bits per heavy atom. The standard InChI is InChI=1S/C20H12F4N2/c21-17-15(3-1-13-5-9-25-10-6-13)18(22)20(24)16(19(17)23)4-2-14-7-11-26-12-8-14/h1-12H/b3-1+,4-2+. The topological polar surface area (TPSA) is 25.8 Å². The van der Waals surface area contributed by atoms with Gasteiger partial charge in [0.15, 0.2) is 23.3 Å². The fraction of sp³-hybridized carbons (Fsp3) is 0. The second kappa shape index (κ2) is 7.74. The zero-order valence-corrected chi connectivity index (χ0v) is 13.3. The van der Waals surface area contributed by atoms with Crippen LogP contribution in [0.3, 0.4) is 0 Å². The van der Waals surface area contributed by atoms with Gasteiger partial charge in [0.25, 0.3) is 0 Å². The Balaban J connectivity index is 2.00. The first kappa shape index (κ1) is 17.5. The Hall–Kier alpha value is -3.28. The van der Waals surface area contributed by atoms with Crippen LogP contribution in [0.2, 0.25) is 0 Å². The van der Waals surface area contributed by atoms with E-state index in [1.165, 1.54) is 36.9 Å². The van der Waals surface area contributed by atoms with Gasteiger partial charge < -0.3 is 0 Å². The van der Waals surface area contributed by atoms with Crippen molar-refractivity contribution in [2.75, 3.05) is 0 Å². The minimum atomic E-state index is -1.46. The van der Waals surface area contributed by atoms with Crippen molar-refractivity contribution in [1.29, 1.82) is 0 Å². The molecule has 0 spiro atoms. The van der Waals surface area contributed by atoms with Gasteiger partial charge in [0.1, 0.15) is 0 Å². The third kappa shape index (κ3) is 3.69. The van der Waals surface area contributed by atoms with E-state index in [0.29, 0.717) is 11.1 Å². The summed E-state index contributed by atoms with van der Waals surface area (Å²) >= 11 is 0. The average molecular weight is 356 g/mol. The summed E-state index contributed by atoms with van der Waals surface area (Å²) in [5, 5.41) is 0. The van der Waals surface area contributed by atoms with E-state index in [9.17, 15) is 17.6 Å². The van der Waals surface area contributed by atoms with Crippen molar-refractivity contribution >= 4 is 24.3 Å². The van der Waals surface area contributed by atoms with E-state index in [4.69, 9.17) is 0 Å². The lowest BCUT2D eigenvalue weighted by Crippen LogP contribution is -2.03. The highest BCUT2D eigenvalue weighted by molar-refractivity contribution is 5.74. The Morgan fingerprint density at radius 2 is 0.808 bits per heavy atom. The number of benzene rings is 1. The Morgan fingerprint density at radius 1 is 0.500 bits per heavy atom. The van der Waals surface area contributed by atoms with Gasteiger partial charge in [0.05, 0.1) is 11.1 Å². The molecular formula is C20H12F4N2. The lowest BCUT2D eigenvalue weighted by Gasteiger charge is -2.07. The van der Waals surface area contributed by atoms with E-state index in [1.807, 2.05) is 0 Å². The number of rotatable bonds is 4. The third-order valence-electron chi connectivity index (χ3n) is 3.63. The van der Waals surface area contributed by atoms with Gasteiger partial charge in [0.2, 0.25) is 0 Å². The first-order chi connectivity index (χ1) is 12.6. The van der Waals surface area contributed by atoms with Crippen LogP contribution in [0.25, 0.3) is 24.3 Å². The van der Waals surface area contributed by atoms with Crippen LogP contribution in [0.1, 0.15) is 22.3 Å². The molecule has 6 heteroatoms. The molecule has 3 aromatic rings. The zero-order chi connectivity index (χ0) is 18.5. The van der Waals surface area contributed by atoms with E-state index < -0.39 is 34.4 Å². The van der Waals surface area contributed by atoms with Crippen LogP contribution >= 0.6 is 0 Å². The summed E-state index contributed by atoms with van der Waals surface area (Å²) in [5.41, 5.74) is -0.390. The van der Waals surface area contributed by atoms with Crippen LogP contribution in [-0.2, 0) is 0 Å². The van der Waals surface area contributed by atoms with Crippen molar-refractivity contribution in [2.24, 2.45) is 0 Å². The highest BCUT2D eigenvalue weighted by atomic mass is 19.2. The van der Waals surface area contributed by atoms with Gasteiger partial charge in [-0.1, -0.05) is 12.2 Å². The zero-order valence-electron chi connectivity index (χ0n) is 13.3. The number of hydrogen-bond acceptors (Lipinski definition) is 2. The molecule has 2 nitrogen and oxygen atoms in total. The maximum atomic E-state index is 14.2. The number of pyridine rings is 2. The number of hydrogen-bond donors (Lipinski definition) is 0. The fourth-order valence-electron chi connectivity index (χ4n) is 2.27. The molecule has 0 saturated heterocycles. The van der Waals surface area contributed by atoms with E-state index in [-0.39, 0.29) is 0 Å². The molecule has 0 atom stereocenters. The molecule has 1 aromatic carbocycles. The second-order valence-corrected chi connectivity index (χ2v) is 5.31. The summed E-state index contributed by atoms with van der Waals surface area (Å²) < 4.78 is 57.0. The smallest absolute Gasteiger partial charge is 0.169 e. The van der Waals surface area contributed by atoms with Crippen molar-refractivity contribution in [3.05, 3.63) is 94.6 Å². The summed E-state index contributed by atoms with van der Waals surface area (Å²) in [6.45, 7) is 0. The third-order valence-corrected chi connectivity index (χ3v) is 3.63. The first-order valence-corrected chi connectivity index (χ1v) is 7.60. The molecule has 0 N–H and O–H groups in total. The van der Waals surface area contributed by atoms with Crippen molar-refractivity contribution < 1.29 is 17.6 Å². The highest BCUT2D eigenvalue weighted by Crippen LogP contribution is 2.27. The molecule has 0 fully saturated rings. The molecule has 0 aliphatic rings. The molecule has 0 radical (unpaired) electrons. The molecular weight excluding hydrogens is 344 g/mol. The van der Waals surface area contributed by atoms with Crippen LogP contribution in [-0.4, -0.2) is 9.97 Å². The van der Waals surface area contributed by atoms with E-state index in [0.717, 1.165) is 12.2 Å². The Kier molecular flexibility index (Phi) is 5.22. The quantitative estimate of drug-likeness (QED) is 0.464. The van der Waals surface area contributed by atoms with Crippen molar-refractivity contribution in [3.63, 3.8) is 0 Å². The Labute approximate surface area is 147 Å². The second-order valence-electron chi connectivity index (χ2n) is 5.31. The largest absolute Gasteiger partial charge is 0.265 e. The first-order valence-electron chi connectivity index (χ1n) is 7.60. The minimum Gasteiger partial charge on any atom is -0.265 e. The van der Waals surface area contributed by atoms with Gasteiger partial charge in [-0.05, 0) is 47.5 Å². The van der Waals surface area contributed by atoms with Gasteiger partial charge >= 0.3 is 0 Å². The van der Waals surface area contributed by atoms with Crippen LogP contribution < -0.4 is 0 Å². The van der Waals surface area contributed by atoms with Gasteiger partial charge in [0, 0.05) is 24.8 Å². The lowest BCUT2D eigenvalue weighted by atomic mass is 10.1. The van der Waals surface area contributed by atoms with Crippen molar-refractivity contribution in [2.45, 2.75) is 0 Å². The fourth-order valence-corrected chi connectivity index (χ4v) is 2.27. The van der Waals surface area contributed by atoms with Gasteiger partial charge in [-0.2, -0.15) is 0 Å². The normalized spacial score (nSPS) is 11.5. The highest BCUT2D eigenvalue weighted by Gasteiger charge is 2.22. The SMILES string of the molecule is Fc1c(F)c(/C=C/c2ccncc2)c(F)c(F)c1/C=C/c1ccncc1. The number of nitrogens with zero attached hydrogens (tertiary/aromatic N) is 2. The van der Waals surface area contributed by atoms with Crippen LogP contribution in [0.15, 0.2) is 49.1 Å².